The highest BCUT2D eigenvalue weighted by atomic mass is 32.1. The Labute approximate surface area is 132 Å². The van der Waals surface area contributed by atoms with Gasteiger partial charge in [-0.3, -0.25) is 10.2 Å². The van der Waals surface area contributed by atoms with Gasteiger partial charge in [0.25, 0.3) is 5.91 Å². The molecule has 112 valence electrons. The Hall–Kier alpha value is -2.44. The third-order valence-electron chi connectivity index (χ3n) is 3.38. The zero-order chi connectivity index (χ0) is 15.7. The molecule has 0 bridgehead atoms. The molecule has 0 aliphatic carbocycles. The summed E-state index contributed by atoms with van der Waals surface area (Å²) in [4.78, 5) is 16.7. The number of fused-ring (bicyclic) bond motifs is 1. The first-order valence-electron chi connectivity index (χ1n) is 6.82. The molecule has 0 atom stereocenters. The second-order valence-corrected chi connectivity index (χ2v) is 6.15. The monoisotopic (exact) mass is 312 g/mol. The van der Waals surface area contributed by atoms with E-state index in [1.165, 1.54) is 11.3 Å². The third-order valence-corrected chi connectivity index (χ3v) is 4.31. The van der Waals surface area contributed by atoms with Crippen LogP contribution in [0.5, 0.6) is 0 Å². The summed E-state index contributed by atoms with van der Waals surface area (Å²) in [5.74, 6) is 5.27. The van der Waals surface area contributed by atoms with E-state index in [0.717, 1.165) is 27.0 Å². The standard InChI is InChI=1S/C16H16N4OS/c1-9-3-5-11(6-4-9)15(21)18-12-7-10(2)14-13(8-12)22-16(19-14)20-17/h3-8H,17H2,1-2H3,(H,18,21)(H,19,20). The molecule has 0 aliphatic rings. The SMILES string of the molecule is Cc1ccc(C(=O)Nc2cc(C)c3nc(NN)sc3c2)cc1. The number of carbonyl (C=O) groups is 1. The van der Waals surface area contributed by atoms with Crippen LogP contribution >= 0.6 is 11.3 Å². The van der Waals surface area contributed by atoms with Crippen LogP contribution < -0.4 is 16.6 Å². The van der Waals surface area contributed by atoms with E-state index in [2.05, 4.69) is 15.7 Å². The molecule has 0 aliphatic heterocycles. The lowest BCUT2D eigenvalue weighted by Gasteiger charge is -2.07. The van der Waals surface area contributed by atoms with Crippen LogP contribution in [0, 0.1) is 13.8 Å². The fourth-order valence-electron chi connectivity index (χ4n) is 2.24. The molecule has 1 aromatic heterocycles. The van der Waals surface area contributed by atoms with Gasteiger partial charge in [0, 0.05) is 11.3 Å². The Bertz CT molecular complexity index is 839. The number of aryl methyl sites for hydroxylation is 2. The lowest BCUT2D eigenvalue weighted by atomic mass is 10.1. The summed E-state index contributed by atoms with van der Waals surface area (Å²) in [5, 5.41) is 3.58. The van der Waals surface area contributed by atoms with E-state index < -0.39 is 0 Å². The van der Waals surface area contributed by atoms with Crippen LogP contribution in [-0.2, 0) is 0 Å². The zero-order valence-corrected chi connectivity index (χ0v) is 13.1. The van der Waals surface area contributed by atoms with Gasteiger partial charge in [-0.2, -0.15) is 0 Å². The van der Waals surface area contributed by atoms with E-state index in [4.69, 9.17) is 5.84 Å². The number of hydrazine groups is 1. The predicted octanol–water partition coefficient (Wildman–Crippen LogP) is 3.45. The molecule has 5 nitrogen and oxygen atoms in total. The van der Waals surface area contributed by atoms with Gasteiger partial charge in [-0.05, 0) is 43.7 Å². The molecule has 0 fully saturated rings. The molecular formula is C16H16N4OS. The maximum absolute atomic E-state index is 12.3. The number of hydrogen-bond acceptors (Lipinski definition) is 5. The van der Waals surface area contributed by atoms with Crippen molar-refractivity contribution < 1.29 is 4.79 Å². The van der Waals surface area contributed by atoms with Crippen LogP contribution in [0.25, 0.3) is 10.2 Å². The number of nitrogens with zero attached hydrogens (tertiary/aromatic N) is 1. The first-order valence-corrected chi connectivity index (χ1v) is 7.64. The summed E-state index contributed by atoms with van der Waals surface area (Å²) in [6.45, 7) is 3.95. The Balaban J connectivity index is 1.90. The molecule has 3 aromatic rings. The number of aromatic nitrogens is 1. The maximum Gasteiger partial charge on any atom is 0.255 e. The van der Waals surface area contributed by atoms with E-state index in [0.29, 0.717) is 10.7 Å². The minimum absolute atomic E-state index is 0.125. The molecule has 6 heteroatoms. The minimum Gasteiger partial charge on any atom is -0.322 e. The van der Waals surface area contributed by atoms with Crippen LogP contribution in [0.3, 0.4) is 0 Å². The van der Waals surface area contributed by atoms with Crippen molar-refractivity contribution >= 4 is 38.3 Å². The van der Waals surface area contributed by atoms with E-state index in [-0.39, 0.29) is 5.91 Å². The average Bonchev–Trinajstić information content (AvgIpc) is 2.91. The van der Waals surface area contributed by atoms with Gasteiger partial charge in [0.05, 0.1) is 10.2 Å². The second-order valence-electron chi connectivity index (χ2n) is 5.12. The molecule has 0 saturated carbocycles. The van der Waals surface area contributed by atoms with Gasteiger partial charge < -0.3 is 5.32 Å². The zero-order valence-electron chi connectivity index (χ0n) is 12.3. The molecule has 4 N–H and O–H groups in total. The number of nitrogens with two attached hydrogens (primary N) is 1. The van der Waals surface area contributed by atoms with Crippen LogP contribution in [0.2, 0.25) is 0 Å². The lowest BCUT2D eigenvalue weighted by molar-refractivity contribution is 0.102. The molecule has 1 heterocycles. The molecule has 22 heavy (non-hydrogen) atoms. The predicted molar refractivity (Wildman–Crippen MR) is 91.3 cm³/mol. The smallest absolute Gasteiger partial charge is 0.255 e. The van der Waals surface area contributed by atoms with Crippen molar-refractivity contribution in [3.8, 4) is 0 Å². The number of carbonyl (C=O) groups excluding carboxylic acids is 1. The Kier molecular flexibility index (Phi) is 3.79. The summed E-state index contributed by atoms with van der Waals surface area (Å²) in [6.07, 6.45) is 0. The Morgan fingerprint density at radius 1 is 1.18 bits per heavy atom. The average molecular weight is 312 g/mol. The Morgan fingerprint density at radius 2 is 1.91 bits per heavy atom. The summed E-state index contributed by atoms with van der Waals surface area (Å²) < 4.78 is 0.979. The molecule has 1 amide bonds. The maximum atomic E-state index is 12.3. The normalized spacial score (nSPS) is 10.7. The van der Waals surface area contributed by atoms with Crippen molar-refractivity contribution in [2.75, 3.05) is 10.7 Å². The van der Waals surface area contributed by atoms with Crippen molar-refractivity contribution in [1.29, 1.82) is 0 Å². The van der Waals surface area contributed by atoms with Crippen LogP contribution in [0.4, 0.5) is 10.8 Å². The van der Waals surface area contributed by atoms with E-state index in [1.54, 1.807) is 0 Å². The third kappa shape index (κ3) is 2.79. The highest BCUT2D eigenvalue weighted by molar-refractivity contribution is 7.22. The molecule has 0 saturated heterocycles. The topological polar surface area (TPSA) is 80.0 Å². The molecular weight excluding hydrogens is 296 g/mol. The second kappa shape index (κ2) is 5.75. The van der Waals surface area contributed by atoms with Crippen molar-refractivity contribution in [1.82, 2.24) is 4.98 Å². The van der Waals surface area contributed by atoms with Gasteiger partial charge in [0.2, 0.25) is 0 Å². The van der Waals surface area contributed by atoms with Crippen molar-refractivity contribution in [3.05, 3.63) is 53.1 Å². The number of benzene rings is 2. The van der Waals surface area contributed by atoms with Gasteiger partial charge in [0.1, 0.15) is 0 Å². The van der Waals surface area contributed by atoms with Crippen molar-refractivity contribution in [2.45, 2.75) is 13.8 Å². The van der Waals surface area contributed by atoms with Crippen LogP contribution in [0.1, 0.15) is 21.5 Å². The quantitative estimate of drug-likeness (QED) is 0.511. The van der Waals surface area contributed by atoms with Gasteiger partial charge in [0.15, 0.2) is 5.13 Å². The van der Waals surface area contributed by atoms with E-state index in [9.17, 15) is 4.79 Å². The number of anilines is 2. The van der Waals surface area contributed by atoms with Crippen LogP contribution in [-0.4, -0.2) is 10.9 Å². The van der Waals surface area contributed by atoms with Gasteiger partial charge in [-0.1, -0.05) is 29.0 Å². The largest absolute Gasteiger partial charge is 0.322 e. The molecule has 0 radical (unpaired) electrons. The summed E-state index contributed by atoms with van der Waals surface area (Å²) in [5.41, 5.74) is 6.96. The number of nitrogen functional groups attached to an aromatic ring is 1. The number of amides is 1. The fourth-order valence-corrected chi connectivity index (χ4v) is 3.13. The van der Waals surface area contributed by atoms with Crippen molar-refractivity contribution in [2.24, 2.45) is 5.84 Å². The fraction of sp³-hybridized carbons (Fsp3) is 0.125. The number of thiazole rings is 1. The van der Waals surface area contributed by atoms with E-state index >= 15 is 0 Å². The highest BCUT2D eigenvalue weighted by Crippen LogP contribution is 2.30. The molecule has 3 rings (SSSR count). The Morgan fingerprint density at radius 3 is 2.59 bits per heavy atom. The van der Waals surface area contributed by atoms with E-state index in [1.807, 2.05) is 50.2 Å². The van der Waals surface area contributed by atoms with Gasteiger partial charge >= 0.3 is 0 Å². The molecule has 0 spiro atoms. The summed E-state index contributed by atoms with van der Waals surface area (Å²) in [7, 11) is 0. The number of rotatable bonds is 3. The molecule has 0 unspecified atom stereocenters. The van der Waals surface area contributed by atoms with Crippen molar-refractivity contribution in [3.63, 3.8) is 0 Å². The molecule has 2 aromatic carbocycles. The lowest BCUT2D eigenvalue weighted by Crippen LogP contribution is -2.11. The first-order chi connectivity index (χ1) is 10.6. The highest BCUT2D eigenvalue weighted by Gasteiger charge is 2.10. The summed E-state index contributed by atoms with van der Waals surface area (Å²) in [6, 6.07) is 11.3. The van der Waals surface area contributed by atoms with Gasteiger partial charge in [-0.25, -0.2) is 10.8 Å². The number of nitrogens with one attached hydrogen (secondary N) is 2. The summed E-state index contributed by atoms with van der Waals surface area (Å²) >= 11 is 1.45. The first kappa shape index (κ1) is 14.5. The number of hydrogen-bond donors (Lipinski definition) is 3. The minimum atomic E-state index is -0.125. The van der Waals surface area contributed by atoms with Gasteiger partial charge in [-0.15, -0.1) is 0 Å². The van der Waals surface area contributed by atoms with Crippen LogP contribution in [0.15, 0.2) is 36.4 Å².